The Balaban J connectivity index is 1.64. The van der Waals surface area contributed by atoms with Crippen LogP contribution >= 0.6 is 0 Å². The minimum Gasteiger partial charge on any atom is -0.343 e. The molecule has 0 saturated carbocycles. The van der Waals surface area contributed by atoms with Gasteiger partial charge in [0, 0.05) is 25.6 Å². The number of piperidine rings is 1. The fraction of sp³-hybridized carbons (Fsp3) is 0.500. The van der Waals surface area contributed by atoms with Crippen molar-refractivity contribution in [3.05, 3.63) is 35.4 Å². The number of carbonyl (C=O) groups is 3. The van der Waals surface area contributed by atoms with Crippen LogP contribution in [0.25, 0.3) is 0 Å². The minimum absolute atomic E-state index is 0.0994. The van der Waals surface area contributed by atoms with E-state index < -0.39 is 0 Å². The van der Waals surface area contributed by atoms with Crippen LogP contribution in [0.2, 0.25) is 0 Å². The Morgan fingerprint density at radius 2 is 1.65 bits per heavy atom. The molecule has 2 aliphatic rings. The summed E-state index contributed by atoms with van der Waals surface area (Å²) in [6, 6.07) is 6.88. The van der Waals surface area contributed by atoms with Gasteiger partial charge in [-0.3, -0.25) is 19.3 Å². The first kappa shape index (κ1) is 15.7. The lowest BCUT2D eigenvalue weighted by Gasteiger charge is -2.35. The molecule has 0 spiro atoms. The molecule has 3 rings (SSSR count). The Morgan fingerprint density at radius 1 is 1.09 bits per heavy atom. The number of amides is 3. The van der Waals surface area contributed by atoms with Gasteiger partial charge in [0.05, 0.1) is 11.1 Å². The van der Waals surface area contributed by atoms with Crippen LogP contribution in [0.15, 0.2) is 24.3 Å². The van der Waals surface area contributed by atoms with Gasteiger partial charge in [0.25, 0.3) is 11.8 Å². The standard InChI is InChI=1S/C18H22N2O3/c1-2-3-8-16(21)19-11-9-13(10-12-19)20-17(22)14-6-4-5-7-15(14)18(20)23/h4-7,13H,2-3,8-12H2,1H3. The molecule has 0 radical (unpaired) electrons. The normalized spacial score (nSPS) is 18.5. The van der Waals surface area contributed by atoms with E-state index in [0.29, 0.717) is 43.5 Å². The maximum Gasteiger partial charge on any atom is 0.261 e. The van der Waals surface area contributed by atoms with Gasteiger partial charge in [0.1, 0.15) is 0 Å². The lowest BCUT2D eigenvalue weighted by molar-refractivity contribution is -0.132. The lowest BCUT2D eigenvalue weighted by Crippen LogP contribution is -2.48. The molecule has 0 bridgehead atoms. The van der Waals surface area contributed by atoms with Gasteiger partial charge < -0.3 is 4.90 Å². The van der Waals surface area contributed by atoms with Gasteiger partial charge in [-0.1, -0.05) is 25.5 Å². The Labute approximate surface area is 136 Å². The van der Waals surface area contributed by atoms with Gasteiger partial charge in [0.15, 0.2) is 0 Å². The molecule has 0 N–H and O–H groups in total. The summed E-state index contributed by atoms with van der Waals surface area (Å²) < 4.78 is 0. The third-order valence-corrected chi connectivity index (χ3v) is 4.75. The number of unbranched alkanes of at least 4 members (excludes halogenated alkanes) is 1. The second-order valence-corrected chi connectivity index (χ2v) is 6.24. The Bertz CT molecular complexity index is 598. The second kappa shape index (κ2) is 6.52. The summed E-state index contributed by atoms with van der Waals surface area (Å²) in [6.45, 7) is 3.32. The largest absolute Gasteiger partial charge is 0.343 e. The third-order valence-electron chi connectivity index (χ3n) is 4.75. The van der Waals surface area contributed by atoms with E-state index in [2.05, 4.69) is 6.92 Å². The van der Waals surface area contributed by atoms with Gasteiger partial charge in [-0.15, -0.1) is 0 Å². The first-order valence-electron chi connectivity index (χ1n) is 8.38. The molecule has 0 aromatic heterocycles. The summed E-state index contributed by atoms with van der Waals surface area (Å²) in [7, 11) is 0. The molecular formula is C18H22N2O3. The number of hydrogen-bond acceptors (Lipinski definition) is 3. The molecule has 0 atom stereocenters. The number of hydrogen-bond donors (Lipinski definition) is 0. The summed E-state index contributed by atoms with van der Waals surface area (Å²) in [6.07, 6.45) is 3.86. The fourth-order valence-electron chi connectivity index (χ4n) is 3.40. The van der Waals surface area contributed by atoms with E-state index in [0.717, 1.165) is 12.8 Å². The topological polar surface area (TPSA) is 57.7 Å². The van der Waals surface area contributed by atoms with E-state index in [1.54, 1.807) is 24.3 Å². The third kappa shape index (κ3) is 2.87. The van der Waals surface area contributed by atoms with Gasteiger partial charge in [-0.05, 0) is 31.4 Å². The second-order valence-electron chi connectivity index (χ2n) is 6.24. The molecule has 1 fully saturated rings. The molecule has 23 heavy (non-hydrogen) atoms. The highest BCUT2D eigenvalue weighted by Crippen LogP contribution is 2.28. The van der Waals surface area contributed by atoms with Crippen molar-refractivity contribution in [2.24, 2.45) is 0 Å². The molecule has 2 heterocycles. The van der Waals surface area contributed by atoms with Gasteiger partial charge >= 0.3 is 0 Å². The summed E-state index contributed by atoms with van der Waals surface area (Å²) in [5.74, 6) is -0.199. The van der Waals surface area contributed by atoms with Crippen molar-refractivity contribution < 1.29 is 14.4 Å². The number of fused-ring (bicyclic) bond motifs is 1. The van der Waals surface area contributed by atoms with E-state index in [1.165, 1.54) is 4.90 Å². The predicted molar refractivity (Wildman–Crippen MR) is 86.1 cm³/mol. The number of benzene rings is 1. The van der Waals surface area contributed by atoms with Crippen LogP contribution in [0.1, 0.15) is 59.7 Å². The van der Waals surface area contributed by atoms with Crippen molar-refractivity contribution >= 4 is 17.7 Å². The quantitative estimate of drug-likeness (QED) is 0.802. The van der Waals surface area contributed by atoms with Gasteiger partial charge in [-0.2, -0.15) is 0 Å². The summed E-state index contributed by atoms with van der Waals surface area (Å²) in [4.78, 5) is 40.3. The Hall–Kier alpha value is -2.17. The Morgan fingerprint density at radius 3 is 2.17 bits per heavy atom. The molecule has 3 amide bonds. The fourth-order valence-corrected chi connectivity index (χ4v) is 3.40. The van der Waals surface area contributed by atoms with Crippen molar-refractivity contribution in [3.63, 3.8) is 0 Å². The molecule has 5 nitrogen and oxygen atoms in total. The molecule has 122 valence electrons. The lowest BCUT2D eigenvalue weighted by atomic mass is 10.0. The van der Waals surface area contributed by atoms with E-state index >= 15 is 0 Å². The number of nitrogens with zero attached hydrogens (tertiary/aromatic N) is 2. The summed E-state index contributed by atoms with van der Waals surface area (Å²) in [5.41, 5.74) is 0.998. The molecular weight excluding hydrogens is 292 g/mol. The zero-order valence-electron chi connectivity index (χ0n) is 13.5. The van der Waals surface area contributed by atoms with Crippen molar-refractivity contribution in [2.75, 3.05) is 13.1 Å². The number of likely N-dealkylation sites (tertiary alicyclic amines) is 1. The van der Waals surface area contributed by atoms with Crippen LogP contribution in [0.4, 0.5) is 0 Å². The highest BCUT2D eigenvalue weighted by Gasteiger charge is 2.40. The SMILES string of the molecule is CCCCC(=O)N1CCC(N2C(=O)c3ccccc3C2=O)CC1. The van der Waals surface area contributed by atoms with Crippen LogP contribution in [0.3, 0.4) is 0 Å². The number of carbonyl (C=O) groups excluding carboxylic acids is 3. The van der Waals surface area contributed by atoms with E-state index in [4.69, 9.17) is 0 Å². The summed E-state index contributed by atoms with van der Waals surface area (Å²) in [5, 5.41) is 0. The number of imide groups is 1. The molecule has 0 aliphatic carbocycles. The average molecular weight is 314 g/mol. The smallest absolute Gasteiger partial charge is 0.261 e. The zero-order valence-corrected chi connectivity index (χ0v) is 13.5. The zero-order chi connectivity index (χ0) is 16.4. The van der Waals surface area contributed by atoms with E-state index in [1.807, 2.05) is 4.90 Å². The van der Waals surface area contributed by atoms with Crippen LogP contribution in [0, 0.1) is 0 Å². The highest BCUT2D eigenvalue weighted by atomic mass is 16.2. The van der Waals surface area contributed by atoms with Crippen molar-refractivity contribution in [1.82, 2.24) is 9.80 Å². The molecule has 1 aromatic carbocycles. The van der Waals surface area contributed by atoms with Crippen molar-refractivity contribution in [1.29, 1.82) is 0 Å². The molecule has 1 saturated heterocycles. The first-order valence-corrected chi connectivity index (χ1v) is 8.38. The molecule has 0 unspecified atom stereocenters. The van der Waals surface area contributed by atoms with Crippen LogP contribution in [0.5, 0.6) is 0 Å². The van der Waals surface area contributed by atoms with Gasteiger partial charge in [0.2, 0.25) is 5.91 Å². The van der Waals surface area contributed by atoms with Crippen molar-refractivity contribution in [2.45, 2.75) is 45.1 Å². The summed E-state index contributed by atoms with van der Waals surface area (Å²) >= 11 is 0. The maximum atomic E-state index is 12.5. The molecule has 5 heteroatoms. The number of rotatable bonds is 4. The molecule has 2 aliphatic heterocycles. The van der Waals surface area contributed by atoms with Gasteiger partial charge in [-0.25, -0.2) is 0 Å². The minimum atomic E-state index is -0.193. The monoisotopic (exact) mass is 314 g/mol. The first-order chi connectivity index (χ1) is 11.1. The predicted octanol–water partition coefficient (Wildman–Crippen LogP) is 2.46. The Kier molecular flexibility index (Phi) is 4.46. The van der Waals surface area contributed by atoms with Crippen LogP contribution in [-0.2, 0) is 4.79 Å². The maximum absolute atomic E-state index is 12.5. The highest BCUT2D eigenvalue weighted by molar-refractivity contribution is 6.21. The van der Waals surface area contributed by atoms with E-state index in [-0.39, 0.29) is 23.8 Å². The van der Waals surface area contributed by atoms with Crippen molar-refractivity contribution in [3.8, 4) is 0 Å². The molecule has 1 aromatic rings. The van der Waals surface area contributed by atoms with Crippen LogP contribution < -0.4 is 0 Å². The van der Waals surface area contributed by atoms with E-state index in [9.17, 15) is 14.4 Å². The average Bonchev–Trinajstić information content (AvgIpc) is 2.84. The van der Waals surface area contributed by atoms with Crippen LogP contribution in [-0.4, -0.2) is 46.7 Å².